The fourth-order valence-corrected chi connectivity index (χ4v) is 2.61. The third-order valence-electron chi connectivity index (χ3n) is 4.10. The van der Waals surface area contributed by atoms with E-state index in [1.54, 1.807) is 4.90 Å². The number of piperidine rings is 1. The standard InChI is InChI=1S/C13H20N4O3/c1-13(2)8-16(7-6-10(13)14)12(18)9-4-5-11(15(9)3)17(19)20/h4-5,10H,6-8,14H2,1-3H3. The minimum Gasteiger partial charge on any atom is -0.358 e. The van der Waals surface area contributed by atoms with Gasteiger partial charge in [0.15, 0.2) is 5.69 Å². The van der Waals surface area contributed by atoms with Crippen molar-refractivity contribution in [2.75, 3.05) is 13.1 Å². The molecule has 1 aromatic rings. The van der Waals surface area contributed by atoms with Gasteiger partial charge in [-0.15, -0.1) is 0 Å². The fourth-order valence-electron chi connectivity index (χ4n) is 2.61. The predicted octanol–water partition coefficient (Wildman–Crippen LogP) is 1.13. The first kappa shape index (κ1) is 14.5. The van der Waals surface area contributed by atoms with Crippen molar-refractivity contribution >= 4 is 11.7 Å². The highest BCUT2D eigenvalue weighted by Crippen LogP contribution is 2.29. The number of hydrogen-bond acceptors (Lipinski definition) is 4. The molecule has 1 amide bonds. The summed E-state index contributed by atoms with van der Waals surface area (Å²) in [6.45, 7) is 5.21. The second-order valence-corrected chi connectivity index (χ2v) is 6.00. The van der Waals surface area contributed by atoms with Gasteiger partial charge >= 0.3 is 5.82 Å². The van der Waals surface area contributed by atoms with E-state index in [2.05, 4.69) is 0 Å². The molecule has 7 nitrogen and oxygen atoms in total. The molecule has 0 spiro atoms. The highest BCUT2D eigenvalue weighted by molar-refractivity contribution is 5.93. The van der Waals surface area contributed by atoms with Crippen LogP contribution in [0, 0.1) is 15.5 Å². The van der Waals surface area contributed by atoms with Crippen molar-refractivity contribution in [2.45, 2.75) is 26.3 Å². The van der Waals surface area contributed by atoms with Crippen LogP contribution in [-0.4, -0.2) is 39.4 Å². The SMILES string of the molecule is Cn1c(C(=O)N2CCC(N)C(C)(C)C2)ccc1[N+](=O)[O-]. The van der Waals surface area contributed by atoms with Crippen molar-refractivity contribution in [3.8, 4) is 0 Å². The minimum absolute atomic E-state index is 0.0642. The van der Waals surface area contributed by atoms with Crippen LogP contribution in [0.3, 0.4) is 0 Å². The Morgan fingerprint density at radius 1 is 1.50 bits per heavy atom. The highest BCUT2D eigenvalue weighted by Gasteiger charge is 2.37. The van der Waals surface area contributed by atoms with E-state index in [1.807, 2.05) is 13.8 Å². The van der Waals surface area contributed by atoms with Crippen LogP contribution in [0.25, 0.3) is 0 Å². The molecule has 0 aliphatic carbocycles. The molecule has 2 N–H and O–H groups in total. The number of nitrogens with two attached hydrogens (primary N) is 1. The molecule has 1 atom stereocenters. The Balaban J connectivity index is 2.22. The zero-order valence-electron chi connectivity index (χ0n) is 12.0. The third-order valence-corrected chi connectivity index (χ3v) is 4.10. The Morgan fingerprint density at radius 2 is 2.15 bits per heavy atom. The highest BCUT2D eigenvalue weighted by atomic mass is 16.6. The average molecular weight is 280 g/mol. The first-order valence-electron chi connectivity index (χ1n) is 6.59. The molecule has 1 aliphatic heterocycles. The Labute approximate surface area is 117 Å². The fraction of sp³-hybridized carbons (Fsp3) is 0.615. The van der Waals surface area contributed by atoms with Crippen LogP contribution in [-0.2, 0) is 7.05 Å². The lowest BCUT2D eigenvalue weighted by Crippen LogP contribution is -2.54. The number of nitro groups is 1. The zero-order chi connectivity index (χ0) is 15.1. The van der Waals surface area contributed by atoms with E-state index >= 15 is 0 Å². The van der Waals surface area contributed by atoms with Gasteiger partial charge in [0, 0.05) is 25.2 Å². The number of rotatable bonds is 2. The monoisotopic (exact) mass is 280 g/mol. The van der Waals surface area contributed by atoms with E-state index in [1.165, 1.54) is 23.7 Å². The summed E-state index contributed by atoms with van der Waals surface area (Å²) in [5, 5.41) is 10.8. The normalized spacial score (nSPS) is 21.8. The molecular formula is C13H20N4O3. The van der Waals surface area contributed by atoms with Crippen molar-refractivity contribution < 1.29 is 9.72 Å². The molecule has 2 rings (SSSR count). The topological polar surface area (TPSA) is 94.4 Å². The Bertz CT molecular complexity index is 550. The van der Waals surface area contributed by atoms with Gasteiger partial charge < -0.3 is 20.7 Å². The second-order valence-electron chi connectivity index (χ2n) is 6.00. The van der Waals surface area contributed by atoms with Crippen LogP contribution in [0.15, 0.2) is 12.1 Å². The number of amides is 1. The maximum absolute atomic E-state index is 12.5. The van der Waals surface area contributed by atoms with Gasteiger partial charge in [-0.05, 0) is 22.8 Å². The minimum atomic E-state index is -0.493. The Morgan fingerprint density at radius 3 is 2.65 bits per heavy atom. The summed E-state index contributed by atoms with van der Waals surface area (Å²) in [6.07, 6.45) is 0.741. The van der Waals surface area contributed by atoms with Crippen LogP contribution in [0.5, 0.6) is 0 Å². The van der Waals surface area contributed by atoms with Crippen LogP contribution < -0.4 is 5.73 Å². The smallest absolute Gasteiger partial charge is 0.323 e. The molecule has 1 saturated heterocycles. The van der Waals surface area contributed by atoms with E-state index in [0.717, 1.165) is 6.42 Å². The maximum Gasteiger partial charge on any atom is 0.323 e. The summed E-state index contributed by atoms with van der Waals surface area (Å²) in [5.74, 6) is -0.262. The second kappa shape index (κ2) is 4.90. The van der Waals surface area contributed by atoms with Gasteiger partial charge in [-0.3, -0.25) is 4.79 Å². The Kier molecular flexibility index (Phi) is 3.56. The zero-order valence-corrected chi connectivity index (χ0v) is 12.0. The van der Waals surface area contributed by atoms with Gasteiger partial charge in [0.1, 0.15) is 0 Å². The van der Waals surface area contributed by atoms with Crippen LogP contribution in [0.1, 0.15) is 30.8 Å². The summed E-state index contributed by atoms with van der Waals surface area (Å²) >= 11 is 0. The molecule has 2 heterocycles. The lowest BCUT2D eigenvalue weighted by molar-refractivity contribution is -0.391. The molecule has 110 valence electrons. The number of aromatic nitrogens is 1. The lowest BCUT2D eigenvalue weighted by atomic mass is 9.79. The van der Waals surface area contributed by atoms with Gasteiger partial charge in [0.05, 0.1) is 7.05 Å². The van der Waals surface area contributed by atoms with Crippen LogP contribution in [0.4, 0.5) is 5.82 Å². The summed E-state index contributed by atoms with van der Waals surface area (Å²) in [6, 6.07) is 2.92. The molecule has 1 aromatic heterocycles. The lowest BCUT2D eigenvalue weighted by Gasteiger charge is -2.42. The van der Waals surface area contributed by atoms with Crippen molar-refractivity contribution in [1.29, 1.82) is 0 Å². The van der Waals surface area contributed by atoms with Gasteiger partial charge in [-0.25, -0.2) is 4.57 Å². The molecule has 7 heteroatoms. The summed E-state index contributed by atoms with van der Waals surface area (Å²) in [7, 11) is 1.53. The number of nitrogens with zero attached hydrogens (tertiary/aromatic N) is 3. The van der Waals surface area contributed by atoms with E-state index in [-0.39, 0.29) is 23.2 Å². The molecule has 0 saturated carbocycles. The Hall–Kier alpha value is -1.89. The van der Waals surface area contributed by atoms with Crippen LogP contribution >= 0.6 is 0 Å². The first-order valence-corrected chi connectivity index (χ1v) is 6.59. The molecular weight excluding hydrogens is 260 g/mol. The van der Waals surface area contributed by atoms with Crippen LogP contribution in [0.2, 0.25) is 0 Å². The molecule has 0 bridgehead atoms. The summed E-state index contributed by atoms with van der Waals surface area (Å²) in [4.78, 5) is 24.5. The van der Waals surface area contributed by atoms with Crippen molar-refractivity contribution in [3.63, 3.8) is 0 Å². The molecule has 1 unspecified atom stereocenters. The van der Waals surface area contributed by atoms with Crippen molar-refractivity contribution in [1.82, 2.24) is 9.47 Å². The summed E-state index contributed by atoms with van der Waals surface area (Å²) in [5.41, 5.74) is 6.24. The average Bonchev–Trinajstić information content (AvgIpc) is 2.73. The van der Waals surface area contributed by atoms with E-state index in [9.17, 15) is 14.9 Å². The molecule has 0 aromatic carbocycles. The van der Waals surface area contributed by atoms with Gasteiger partial charge in [-0.2, -0.15) is 0 Å². The van der Waals surface area contributed by atoms with E-state index in [4.69, 9.17) is 5.73 Å². The van der Waals surface area contributed by atoms with Crippen molar-refractivity contribution in [3.05, 3.63) is 27.9 Å². The third kappa shape index (κ3) is 2.40. The largest absolute Gasteiger partial charge is 0.358 e. The molecule has 0 radical (unpaired) electrons. The molecule has 1 aliphatic rings. The van der Waals surface area contributed by atoms with Gasteiger partial charge in [0.25, 0.3) is 5.91 Å². The van der Waals surface area contributed by atoms with Crippen molar-refractivity contribution in [2.24, 2.45) is 18.2 Å². The first-order chi connectivity index (χ1) is 9.24. The predicted molar refractivity (Wildman–Crippen MR) is 74.3 cm³/mol. The maximum atomic E-state index is 12.5. The quantitative estimate of drug-likeness (QED) is 0.649. The number of carbonyl (C=O) groups excluding carboxylic acids is 1. The van der Waals surface area contributed by atoms with Gasteiger partial charge in [-0.1, -0.05) is 13.8 Å². The van der Waals surface area contributed by atoms with Gasteiger partial charge in [0.2, 0.25) is 0 Å². The molecule has 20 heavy (non-hydrogen) atoms. The summed E-state index contributed by atoms with van der Waals surface area (Å²) < 4.78 is 1.32. The van der Waals surface area contributed by atoms with E-state index < -0.39 is 4.92 Å². The number of hydrogen-bond donors (Lipinski definition) is 1. The van der Waals surface area contributed by atoms with E-state index in [0.29, 0.717) is 18.8 Å². The number of likely N-dealkylation sites (tertiary alicyclic amines) is 1. The molecule has 1 fully saturated rings. The number of carbonyl (C=O) groups is 1.